The van der Waals surface area contributed by atoms with Gasteiger partial charge < -0.3 is 0 Å². The summed E-state index contributed by atoms with van der Waals surface area (Å²) in [5, 5.41) is 0. The fourth-order valence-electron chi connectivity index (χ4n) is 2.52. The summed E-state index contributed by atoms with van der Waals surface area (Å²) in [6, 6.07) is 0. The molecular weight excluding hydrogens is 204 g/mol. The van der Waals surface area contributed by atoms with Crippen molar-refractivity contribution in [1.29, 1.82) is 0 Å². The zero-order valence-corrected chi connectivity index (χ0v) is 12.5. The fraction of sp³-hybridized carbons (Fsp3) is 0.765. The lowest BCUT2D eigenvalue weighted by atomic mass is 9.84. The van der Waals surface area contributed by atoms with Crippen molar-refractivity contribution in [2.75, 3.05) is 0 Å². The van der Waals surface area contributed by atoms with Gasteiger partial charge in [-0.25, -0.2) is 0 Å². The Hall–Kier alpha value is -0.520. The Kier molecular flexibility index (Phi) is 6.02. The molecule has 17 heavy (non-hydrogen) atoms. The van der Waals surface area contributed by atoms with E-state index in [1.165, 1.54) is 50.5 Å². The van der Waals surface area contributed by atoms with Gasteiger partial charge in [0.05, 0.1) is 0 Å². The smallest absolute Gasteiger partial charge is 0.0295 e. The topological polar surface area (TPSA) is 0 Å². The van der Waals surface area contributed by atoms with Gasteiger partial charge in [0.1, 0.15) is 0 Å². The van der Waals surface area contributed by atoms with Crippen molar-refractivity contribution in [3.63, 3.8) is 0 Å². The molecular formula is C17H30. The molecule has 0 aromatic heterocycles. The van der Waals surface area contributed by atoms with Gasteiger partial charge in [0, 0.05) is 0 Å². The highest BCUT2D eigenvalue weighted by Crippen LogP contribution is 2.32. The van der Waals surface area contributed by atoms with Crippen LogP contribution in [0, 0.1) is 5.92 Å². The van der Waals surface area contributed by atoms with E-state index in [-0.39, 0.29) is 0 Å². The Morgan fingerprint density at radius 1 is 1.12 bits per heavy atom. The van der Waals surface area contributed by atoms with E-state index in [2.05, 4.69) is 34.6 Å². The fourth-order valence-corrected chi connectivity index (χ4v) is 2.52. The van der Waals surface area contributed by atoms with E-state index in [0.29, 0.717) is 0 Å². The second-order valence-corrected chi connectivity index (χ2v) is 6.22. The average molecular weight is 234 g/mol. The predicted octanol–water partition coefficient (Wildman–Crippen LogP) is 6.04. The van der Waals surface area contributed by atoms with Crippen molar-refractivity contribution in [2.45, 2.75) is 79.6 Å². The highest BCUT2D eigenvalue weighted by molar-refractivity contribution is 5.17. The molecule has 1 aliphatic rings. The molecule has 0 aliphatic heterocycles. The number of hydrogen-bond acceptors (Lipinski definition) is 0. The van der Waals surface area contributed by atoms with E-state index in [9.17, 15) is 0 Å². The Morgan fingerprint density at radius 2 is 1.76 bits per heavy atom. The molecule has 0 heterocycles. The third-order valence-corrected chi connectivity index (χ3v) is 4.32. The van der Waals surface area contributed by atoms with Gasteiger partial charge in [-0.1, -0.05) is 35.6 Å². The summed E-state index contributed by atoms with van der Waals surface area (Å²) < 4.78 is 0. The first kappa shape index (κ1) is 14.5. The summed E-state index contributed by atoms with van der Waals surface area (Å²) in [7, 11) is 0. The molecule has 0 aromatic rings. The minimum absolute atomic E-state index is 0.869. The number of hydrogen-bond donors (Lipinski definition) is 0. The molecule has 0 amide bonds. The van der Waals surface area contributed by atoms with Crippen LogP contribution in [-0.2, 0) is 0 Å². The highest BCUT2D eigenvalue weighted by Gasteiger charge is 2.13. The van der Waals surface area contributed by atoms with Crippen LogP contribution in [0.25, 0.3) is 0 Å². The summed E-state index contributed by atoms with van der Waals surface area (Å²) in [6.45, 7) is 11.5. The quantitative estimate of drug-likeness (QED) is 0.491. The predicted molar refractivity (Wildman–Crippen MR) is 78.2 cm³/mol. The van der Waals surface area contributed by atoms with Crippen molar-refractivity contribution in [3.8, 4) is 0 Å². The minimum atomic E-state index is 0.869. The van der Waals surface area contributed by atoms with E-state index in [1.54, 1.807) is 16.7 Å². The number of rotatable bonds is 6. The average Bonchev–Trinajstić information content (AvgIpc) is 2.13. The van der Waals surface area contributed by atoms with Crippen molar-refractivity contribution in [2.24, 2.45) is 5.92 Å². The molecule has 1 unspecified atom stereocenters. The molecule has 1 atom stereocenters. The van der Waals surface area contributed by atoms with Crippen molar-refractivity contribution in [1.82, 2.24) is 0 Å². The van der Waals surface area contributed by atoms with Gasteiger partial charge >= 0.3 is 0 Å². The highest BCUT2D eigenvalue weighted by atomic mass is 14.2. The van der Waals surface area contributed by atoms with E-state index < -0.39 is 0 Å². The lowest BCUT2D eigenvalue weighted by molar-refractivity contribution is 0.496. The summed E-state index contributed by atoms with van der Waals surface area (Å²) in [5.74, 6) is 0.869. The molecule has 1 saturated carbocycles. The minimum Gasteiger partial charge on any atom is -0.0775 e. The van der Waals surface area contributed by atoms with Crippen molar-refractivity contribution >= 4 is 0 Å². The molecule has 1 rings (SSSR count). The van der Waals surface area contributed by atoms with Gasteiger partial charge in [0.15, 0.2) is 0 Å². The Labute approximate surface area is 108 Å². The zero-order valence-electron chi connectivity index (χ0n) is 12.5. The van der Waals surface area contributed by atoms with Crippen LogP contribution in [0.4, 0.5) is 0 Å². The molecule has 0 heteroatoms. The summed E-state index contributed by atoms with van der Waals surface area (Å²) in [6.07, 6.45) is 9.58. The molecule has 0 spiro atoms. The molecule has 0 saturated heterocycles. The third kappa shape index (κ3) is 5.10. The van der Waals surface area contributed by atoms with Gasteiger partial charge in [-0.05, 0) is 72.1 Å². The molecule has 0 nitrogen and oxygen atoms in total. The van der Waals surface area contributed by atoms with Crippen LogP contribution in [0.5, 0.6) is 0 Å². The largest absolute Gasteiger partial charge is 0.0775 e. The van der Waals surface area contributed by atoms with Crippen molar-refractivity contribution < 1.29 is 0 Å². The summed E-state index contributed by atoms with van der Waals surface area (Å²) in [5.41, 5.74) is 6.55. The Balaban J connectivity index is 2.21. The maximum atomic E-state index is 2.42. The molecule has 0 bridgehead atoms. The first-order valence-corrected chi connectivity index (χ1v) is 7.31. The van der Waals surface area contributed by atoms with Gasteiger partial charge in [-0.3, -0.25) is 0 Å². The van der Waals surface area contributed by atoms with Gasteiger partial charge in [-0.2, -0.15) is 0 Å². The second kappa shape index (κ2) is 7.03. The first-order chi connectivity index (χ1) is 8.00. The summed E-state index contributed by atoms with van der Waals surface area (Å²) >= 11 is 0. The maximum absolute atomic E-state index is 2.42. The van der Waals surface area contributed by atoms with Gasteiger partial charge in [-0.15, -0.1) is 0 Å². The van der Waals surface area contributed by atoms with Crippen LogP contribution in [0.15, 0.2) is 22.3 Å². The summed E-state index contributed by atoms with van der Waals surface area (Å²) in [4.78, 5) is 0. The van der Waals surface area contributed by atoms with Crippen LogP contribution in [-0.4, -0.2) is 0 Å². The zero-order chi connectivity index (χ0) is 12.8. The maximum Gasteiger partial charge on any atom is -0.0295 e. The second-order valence-electron chi connectivity index (χ2n) is 6.22. The Bertz CT molecular complexity index is 294. The normalized spacial score (nSPS) is 16.4. The lowest BCUT2D eigenvalue weighted by Gasteiger charge is -2.22. The van der Waals surface area contributed by atoms with Gasteiger partial charge in [0.2, 0.25) is 0 Å². The molecule has 98 valence electrons. The van der Waals surface area contributed by atoms with E-state index >= 15 is 0 Å². The SMILES string of the molecule is CC(C)=C(C)CCCC(C)CC(C)=C1CCC1. The molecule has 0 radical (unpaired) electrons. The monoisotopic (exact) mass is 234 g/mol. The Morgan fingerprint density at radius 3 is 2.24 bits per heavy atom. The number of allylic oxidation sites excluding steroid dienone is 4. The molecule has 1 aliphatic carbocycles. The van der Waals surface area contributed by atoms with Crippen molar-refractivity contribution in [3.05, 3.63) is 22.3 Å². The van der Waals surface area contributed by atoms with Gasteiger partial charge in [0.25, 0.3) is 0 Å². The van der Waals surface area contributed by atoms with E-state index in [1.807, 2.05) is 0 Å². The first-order valence-electron chi connectivity index (χ1n) is 7.31. The van der Waals surface area contributed by atoms with Crippen LogP contribution in [0.3, 0.4) is 0 Å². The van der Waals surface area contributed by atoms with E-state index in [4.69, 9.17) is 0 Å². The van der Waals surface area contributed by atoms with E-state index in [0.717, 1.165) is 5.92 Å². The lowest BCUT2D eigenvalue weighted by Crippen LogP contribution is -2.04. The van der Waals surface area contributed by atoms with Crippen LogP contribution >= 0.6 is 0 Å². The standard InChI is InChI=1S/C17H30/c1-13(2)15(4)9-6-8-14(3)12-16(5)17-10-7-11-17/h14H,6-12H2,1-5H3. The third-order valence-electron chi connectivity index (χ3n) is 4.32. The molecule has 0 N–H and O–H groups in total. The van der Waals surface area contributed by atoms with Crippen LogP contribution in [0.2, 0.25) is 0 Å². The molecule has 1 fully saturated rings. The molecule has 0 aromatic carbocycles. The van der Waals surface area contributed by atoms with Crippen LogP contribution in [0.1, 0.15) is 79.6 Å². The van der Waals surface area contributed by atoms with Crippen LogP contribution < -0.4 is 0 Å².